The molecule has 2 aliphatic rings. The summed E-state index contributed by atoms with van der Waals surface area (Å²) in [6.45, 7) is 1.84. The summed E-state index contributed by atoms with van der Waals surface area (Å²) >= 11 is 1.39. The first-order chi connectivity index (χ1) is 9.65. The molecule has 1 aromatic rings. The lowest BCUT2D eigenvalue weighted by Gasteiger charge is -2.24. The Morgan fingerprint density at radius 1 is 1.35 bits per heavy atom. The van der Waals surface area contributed by atoms with Crippen molar-refractivity contribution in [2.75, 3.05) is 11.5 Å². The molecule has 1 atom stereocenters. The predicted octanol–water partition coefficient (Wildman–Crippen LogP) is 1.73. The molecule has 0 aliphatic carbocycles. The van der Waals surface area contributed by atoms with Crippen molar-refractivity contribution in [1.29, 1.82) is 0 Å². The number of Topliss-reactive ketones (excluding diaryl/α,β-unsaturated/α-hetero) is 1. The smallest absolute Gasteiger partial charge is 0.323 e. The quantitative estimate of drug-likeness (QED) is 0.471. The van der Waals surface area contributed by atoms with Crippen molar-refractivity contribution in [2.24, 2.45) is 5.92 Å². The van der Waals surface area contributed by atoms with Crippen LogP contribution in [0.1, 0.15) is 6.92 Å². The molecule has 0 aromatic heterocycles. The Bertz CT molecular complexity index is 652. The predicted molar refractivity (Wildman–Crippen MR) is 73.0 cm³/mol. The number of esters is 1. The van der Waals surface area contributed by atoms with Gasteiger partial charge in [0.15, 0.2) is 5.92 Å². The Kier molecular flexibility index (Phi) is 3.10. The molecule has 0 N–H and O–H groups in total. The summed E-state index contributed by atoms with van der Waals surface area (Å²) in [5.41, 5.74) is 1.03. The molecule has 5 nitrogen and oxygen atoms in total. The second-order valence-electron chi connectivity index (χ2n) is 4.32. The van der Waals surface area contributed by atoms with E-state index >= 15 is 0 Å². The number of anilines is 1. The van der Waals surface area contributed by atoms with E-state index in [1.165, 1.54) is 16.7 Å². The molecule has 2 heterocycles. The number of hydrogen-bond donors (Lipinski definition) is 0. The van der Waals surface area contributed by atoms with Gasteiger partial charge in [-0.25, -0.2) is 0 Å². The summed E-state index contributed by atoms with van der Waals surface area (Å²) in [6.07, 6.45) is 0. The Balaban J connectivity index is 2.06. The number of ether oxygens (including phenoxy) is 1. The second kappa shape index (κ2) is 4.79. The lowest BCUT2D eigenvalue weighted by atomic mass is 10.1. The largest absolute Gasteiger partial charge is 0.465 e. The number of benzene rings is 1. The Morgan fingerprint density at radius 2 is 2.10 bits per heavy atom. The number of ketones is 1. The number of para-hydroxylation sites is 1. The molecular formula is C14H11NO4S. The fourth-order valence-corrected chi connectivity index (χ4v) is 3.23. The molecule has 2 aliphatic heterocycles. The molecule has 0 saturated carbocycles. The number of hydrogen-bond acceptors (Lipinski definition) is 5. The van der Waals surface area contributed by atoms with Gasteiger partial charge in [-0.15, -0.1) is 0 Å². The van der Waals surface area contributed by atoms with Crippen LogP contribution < -0.4 is 4.90 Å². The molecule has 1 saturated heterocycles. The minimum atomic E-state index is -1.14. The molecule has 1 unspecified atom stereocenters. The molecule has 0 bridgehead atoms. The van der Waals surface area contributed by atoms with Crippen LogP contribution >= 0.6 is 11.8 Å². The Hall–Kier alpha value is -2.08. The van der Waals surface area contributed by atoms with Crippen LogP contribution in [-0.4, -0.2) is 24.3 Å². The number of rotatable bonds is 2. The average molecular weight is 289 g/mol. The summed E-state index contributed by atoms with van der Waals surface area (Å²) < 4.78 is 4.89. The van der Waals surface area contributed by atoms with Gasteiger partial charge in [0.1, 0.15) is 0 Å². The van der Waals surface area contributed by atoms with Crippen molar-refractivity contribution in [3.05, 3.63) is 35.4 Å². The van der Waals surface area contributed by atoms with Crippen LogP contribution in [0.2, 0.25) is 0 Å². The molecular weight excluding hydrogens is 278 g/mol. The summed E-state index contributed by atoms with van der Waals surface area (Å²) in [5.74, 6) is -3.21. The first kappa shape index (κ1) is 12.9. The van der Waals surface area contributed by atoms with E-state index in [-0.39, 0.29) is 6.61 Å². The maximum absolute atomic E-state index is 12.1. The number of nitrogens with zero attached hydrogens (tertiary/aromatic N) is 1. The van der Waals surface area contributed by atoms with Crippen molar-refractivity contribution in [1.82, 2.24) is 0 Å². The van der Waals surface area contributed by atoms with E-state index in [2.05, 4.69) is 0 Å². The molecule has 0 radical (unpaired) electrons. The fourth-order valence-electron chi connectivity index (χ4n) is 2.30. The lowest BCUT2D eigenvalue weighted by molar-refractivity contribution is -0.150. The van der Waals surface area contributed by atoms with Crippen molar-refractivity contribution >= 4 is 35.1 Å². The molecule has 1 amide bonds. The van der Waals surface area contributed by atoms with Gasteiger partial charge in [0.05, 0.1) is 18.0 Å². The monoisotopic (exact) mass is 289 g/mol. The van der Waals surface area contributed by atoms with Crippen LogP contribution in [0.15, 0.2) is 40.3 Å². The van der Waals surface area contributed by atoms with Gasteiger partial charge < -0.3 is 4.74 Å². The van der Waals surface area contributed by atoms with Crippen LogP contribution in [-0.2, 0) is 19.1 Å². The van der Waals surface area contributed by atoms with Gasteiger partial charge in [0.25, 0.3) is 5.91 Å². The highest BCUT2D eigenvalue weighted by Gasteiger charge is 2.50. The van der Waals surface area contributed by atoms with Crippen LogP contribution in [0.3, 0.4) is 0 Å². The van der Waals surface area contributed by atoms with Crippen molar-refractivity contribution in [3.63, 3.8) is 0 Å². The average Bonchev–Trinajstić information content (AvgIpc) is 2.71. The maximum atomic E-state index is 12.1. The fraction of sp³-hybridized carbons (Fsp3) is 0.214. The highest BCUT2D eigenvalue weighted by Crippen LogP contribution is 2.44. The minimum absolute atomic E-state index is 0.174. The van der Waals surface area contributed by atoms with Crippen molar-refractivity contribution in [3.8, 4) is 0 Å². The van der Waals surface area contributed by atoms with Crippen molar-refractivity contribution < 1.29 is 19.1 Å². The van der Waals surface area contributed by atoms with Crippen LogP contribution in [0.4, 0.5) is 5.69 Å². The van der Waals surface area contributed by atoms with Crippen molar-refractivity contribution in [2.45, 2.75) is 11.8 Å². The normalized spacial score (nSPS) is 20.4. The van der Waals surface area contributed by atoms with E-state index < -0.39 is 23.6 Å². The number of carbonyl (C=O) groups is 3. The zero-order valence-electron chi connectivity index (χ0n) is 10.7. The van der Waals surface area contributed by atoms with E-state index in [0.717, 1.165) is 4.90 Å². The van der Waals surface area contributed by atoms with Gasteiger partial charge in [-0.3, -0.25) is 19.3 Å². The van der Waals surface area contributed by atoms with Gasteiger partial charge in [0.2, 0.25) is 5.78 Å². The van der Waals surface area contributed by atoms with Crippen LogP contribution in [0.5, 0.6) is 0 Å². The Labute approximate surface area is 119 Å². The third-order valence-corrected chi connectivity index (χ3v) is 4.12. The molecule has 6 heteroatoms. The van der Waals surface area contributed by atoms with E-state index in [9.17, 15) is 14.4 Å². The number of fused-ring (bicyclic) bond motifs is 3. The molecule has 1 fully saturated rings. The zero-order valence-corrected chi connectivity index (χ0v) is 11.5. The summed E-state index contributed by atoms with van der Waals surface area (Å²) in [7, 11) is 0. The second-order valence-corrected chi connectivity index (χ2v) is 5.23. The molecule has 20 heavy (non-hydrogen) atoms. The lowest BCUT2D eigenvalue weighted by Crippen LogP contribution is -2.27. The number of thioether (sulfide) groups is 1. The van der Waals surface area contributed by atoms with E-state index in [1.54, 1.807) is 24.5 Å². The molecule has 102 valence electrons. The van der Waals surface area contributed by atoms with Gasteiger partial charge in [-0.2, -0.15) is 0 Å². The van der Waals surface area contributed by atoms with Gasteiger partial charge in [-0.1, -0.05) is 23.9 Å². The first-order valence-corrected chi connectivity index (χ1v) is 7.03. The Morgan fingerprint density at radius 3 is 2.85 bits per heavy atom. The SMILES string of the molecule is CCOC(=O)C1C(=O)C(=O)N2C1=CSc1ccccc12. The number of carbonyl (C=O) groups excluding carboxylic acids is 3. The van der Waals surface area contributed by atoms with E-state index in [1.807, 2.05) is 12.1 Å². The summed E-state index contributed by atoms with van der Waals surface area (Å²) in [6, 6.07) is 7.27. The third-order valence-electron chi connectivity index (χ3n) is 3.17. The number of amides is 1. The van der Waals surface area contributed by atoms with Crippen LogP contribution in [0.25, 0.3) is 0 Å². The van der Waals surface area contributed by atoms with Gasteiger partial charge >= 0.3 is 5.97 Å². The summed E-state index contributed by atoms with van der Waals surface area (Å²) in [5, 5.41) is 1.67. The van der Waals surface area contributed by atoms with E-state index in [4.69, 9.17) is 4.74 Å². The molecule has 3 rings (SSSR count). The molecule has 1 aromatic carbocycles. The summed E-state index contributed by atoms with van der Waals surface area (Å²) in [4.78, 5) is 38.3. The maximum Gasteiger partial charge on any atom is 0.323 e. The minimum Gasteiger partial charge on any atom is -0.465 e. The first-order valence-electron chi connectivity index (χ1n) is 6.15. The van der Waals surface area contributed by atoms with Gasteiger partial charge in [0, 0.05) is 4.90 Å². The van der Waals surface area contributed by atoms with Gasteiger partial charge in [-0.05, 0) is 24.5 Å². The third kappa shape index (κ3) is 1.76. The van der Waals surface area contributed by atoms with E-state index in [0.29, 0.717) is 11.4 Å². The molecule has 0 spiro atoms. The highest BCUT2D eigenvalue weighted by atomic mass is 32.2. The zero-order chi connectivity index (χ0) is 14.3. The standard InChI is InChI=1S/C14H11NO4S/c1-2-19-14(18)11-9-7-20-10-6-4-3-5-8(10)15(9)13(17)12(11)16/h3-7,11H,2H2,1H3. The topological polar surface area (TPSA) is 63.7 Å². The van der Waals surface area contributed by atoms with Crippen LogP contribution in [0, 0.1) is 5.92 Å². The highest BCUT2D eigenvalue weighted by molar-refractivity contribution is 8.02.